The van der Waals surface area contributed by atoms with Crippen LogP contribution in [0.5, 0.6) is 0 Å². The predicted octanol–water partition coefficient (Wildman–Crippen LogP) is 2.08. The molecule has 2 rings (SSSR count). The predicted molar refractivity (Wildman–Crippen MR) is 80.2 cm³/mol. The minimum atomic E-state index is -1.04. The van der Waals surface area contributed by atoms with E-state index in [4.69, 9.17) is 5.11 Å². The molecule has 2 N–H and O–H groups in total. The van der Waals surface area contributed by atoms with E-state index in [1.54, 1.807) is 0 Å². The molecule has 0 bridgehead atoms. The molecule has 1 fully saturated rings. The van der Waals surface area contributed by atoms with E-state index >= 15 is 0 Å². The first-order chi connectivity index (χ1) is 10.1. The van der Waals surface area contributed by atoms with Gasteiger partial charge in [-0.2, -0.15) is 0 Å². The largest absolute Gasteiger partial charge is 0.465 e. The number of benzene rings is 1. The normalized spacial score (nSPS) is 23.4. The number of carbonyl (C=O) groups is 2. The molecular weight excluding hydrogens is 268 g/mol. The maximum atomic E-state index is 12.9. The molecule has 1 aliphatic rings. The number of nitrogens with zero attached hydrogens (tertiary/aromatic N) is 1. The minimum absolute atomic E-state index is 0.0316. The molecule has 0 heterocycles. The monoisotopic (exact) mass is 290 g/mol. The molecule has 1 aliphatic carbocycles. The lowest BCUT2D eigenvalue weighted by Crippen LogP contribution is -2.41. The second kappa shape index (κ2) is 6.16. The SMILES string of the molecule is CCN(CC)C(=O)C1(c2ccccc2)CC1CNC(=O)O. The molecule has 0 aliphatic heterocycles. The topological polar surface area (TPSA) is 69.6 Å². The van der Waals surface area contributed by atoms with Crippen LogP contribution in [0.3, 0.4) is 0 Å². The molecule has 2 amide bonds. The number of rotatable bonds is 6. The number of likely N-dealkylation sites (N-methyl/N-ethyl adjacent to an activating group) is 1. The number of amides is 2. The smallest absolute Gasteiger partial charge is 0.404 e. The van der Waals surface area contributed by atoms with E-state index in [1.165, 1.54) is 0 Å². The summed E-state index contributed by atoms with van der Waals surface area (Å²) in [6.45, 7) is 5.59. The maximum Gasteiger partial charge on any atom is 0.404 e. The van der Waals surface area contributed by atoms with Gasteiger partial charge in [0.15, 0.2) is 0 Å². The molecule has 2 atom stereocenters. The summed E-state index contributed by atoms with van der Waals surface area (Å²) >= 11 is 0. The lowest BCUT2D eigenvalue weighted by molar-refractivity contribution is -0.134. The molecule has 114 valence electrons. The fraction of sp³-hybridized carbons (Fsp3) is 0.500. The molecule has 0 spiro atoms. The van der Waals surface area contributed by atoms with Gasteiger partial charge in [-0.15, -0.1) is 0 Å². The second-order valence-electron chi connectivity index (χ2n) is 5.40. The van der Waals surface area contributed by atoms with E-state index in [0.29, 0.717) is 26.1 Å². The molecular formula is C16H22N2O3. The number of hydrogen-bond donors (Lipinski definition) is 2. The van der Waals surface area contributed by atoms with Gasteiger partial charge in [0, 0.05) is 19.6 Å². The summed E-state index contributed by atoms with van der Waals surface area (Å²) in [6, 6.07) is 9.69. The first-order valence-corrected chi connectivity index (χ1v) is 7.38. The number of carboxylic acid groups (broad SMARTS) is 1. The van der Waals surface area contributed by atoms with Crippen LogP contribution in [0, 0.1) is 5.92 Å². The molecule has 2 unspecified atom stereocenters. The van der Waals surface area contributed by atoms with Crippen molar-refractivity contribution in [2.24, 2.45) is 5.92 Å². The van der Waals surface area contributed by atoms with Crippen LogP contribution in [-0.4, -0.2) is 41.6 Å². The van der Waals surface area contributed by atoms with Crippen molar-refractivity contribution >= 4 is 12.0 Å². The van der Waals surface area contributed by atoms with Gasteiger partial charge in [-0.05, 0) is 31.7 Å². The van der Waals surface area contributed by atoms with Gasteiger partial charge in [0.1, 0.15) is 0 Å². The van der Waals surface area contributed by atoms with Gasteiger partial charge in [0.05, 0.1) is 5.41 Å². The summed E-state index contributed by atoms with van der Waals surface area (Å²) in [5, 5.41) is 11.2. The molecule has 5 heteroatoms. The molecule has 0 aromatic heterocycles. The van der Waals surface area contributed by atoms with Crippen molar-refractivity contribution in [3.63, 3.8) is 0 Å². The Morgan fingerprint density at radius 3 is 2.43 bits per heavy atom. The Hall–Kier alpha value is -2.04. The third-order valence-electron chi connectivity index (χ3n) is 4.33. The van der Waals surface area contributed by atoms with Gasteiger partial charge >= 0.3 is 6.09 Å². The Balaban J connectivity index is 2.25. The van der Waals surface area contributed by atoms with E-state index in [2.05, 4.69) is 5.32 Å². The van der Waals surface area contributed by atoms with E-state index in [9.17, 15) is 9.59 Å². The van der Waals surface area contributed by atoms with Crippen LogP contribution < -0.4 is 5.32 Å². The zero-order valence-electron chi connectivity index (χ0n) is 12.5. The lowest BCUT2D eigenvalue weighted by Gasteiger charge is -2.26. The van der Waals surface area contributed by atoms with Crippen LogP contribution in [0.1, 0.15) is 25.8 Å². The van der Waals surface area contributed by atoms with Crippen LogP contribution >= 0.6 is 0 Å². The van der Waals surface area contributed by atoms with Gasteiger partial charge in [-0.1, -0.05) is 30.3 Å². The van der Waals surface area contributed by atoms with E-state index < -0.39 is 11.5 Å². The highest BCUT2D eigenvalue weighted by Gasteiger charge is 2.61. The van der Waals surface area contributed by atoms with Crippen molar-refractivity contribution in [3.8, 4) is 0 Å². The molecule has 21 heavy (non-hydrogen) atoms. The molecule has 1 aromatic rings. The fourth-order valence-electron chi connectivity index (χ4n) is 3.05. The zero-order chi connectivity index (χ0) is 15.5. The van der Waals surface area contributed by atoms with Crippen molar-refractivity contribution in [1.29, 1.82) is 0 Å². The summed E-state index contributed by atoms with van der Waals surface area (Å²) in [4.78, 5) is 25.4. The van der Waals surface area contributed by atoms with Gasteiger partial charge < -0.3 is 15.3 Å². The summed E-state index contributed by atoms with van der Waals surface area (Å²) in [7, 11) is 0. The summed E-state index contributed by atoms with van der Waals surface area (Å²) in [5.41, 5.74) is 0.425. The fourth-order valence-corrected chi connectivity index (χ4v) is 3.05. The van der Waals surface area contributed by atoms with Crippen LogP contribution in [0.2, 0.25) is 0 Å². The first-order valence-electron chi connectivity index (χ1n) is 7.38. The molecule has 1 aromatic carbocycles. The average molecular weight is 290 g/mol. The summed E-state index contributed by atoms with van der Waals surface area (Å²) < 4.78 is 0. The van der Waals surface area contributed by atoms with Gasteiger partial charge in [0.25, 0.3) is 0 Å². The summed E-state index contributed by atoms with van der Waals surface area (Å²) in [6.07, 6.45) is -0.341. The average Bonchev–Trinajstić information content (AvgIpc) is 3.23. The standard InChI is InChI=1S/C16H22N2O3/c1-3-18(4-2)14(19)16(12-8-6-5-7-9-12)10-13(16)11-17-15(20)21/h5-9,13,17H,3-4,10-11H2,1-2H3,(H,20,21). The van der Waals surface area contributed by atoms with E-state index in [-0.39, 0.29) is 11.8 Å². The second-order valence-corrected chi connectivity index (χ2v) is 5.40. The molecule has 0 saturated heterocycles. The molecule has 1 saturated carbocycles. The van der Waals surface area contributed by atoms with Gasteiger partial charge in [-0.3, -0.25) is 4.79 Å². The van der Waals surface area contributed by atoms with Crippen molar-refractivity contribution in [1.82, 2.24) is 10.2 Å². The van der Waals surface area contributed by atoms with Crippen molar-refractivity contribution in [2.75, 3.05) is 19.6 Å². The molecule has 0 radical (unpaired) electrons. The third kappa shape index (κ3) is 2.86. The lowest BCUT2D eigenvalue weighted by atomic mass is 9.91. The van der Waals surface area contributed by atoms with Crippen molar-refractivity contribution in [2.45, 2.75) is 25.7 Å². The molecule has 5 nitrogen and oxygen atoms in total. The number of hydrogen-bond acceptors (Lipinski definition) is 2. The summed E-state index contributed by atoms with van der Waals surface area (Å²) in [5.74, 6) is 0.139. The highest BCUT2D eigenvalue weighted by atomic mass is 16.4. The van der Waals surface area contributed by atoms with Gasteiger partial charge in [0.2, 0.25) is 5.91 Å². The minimum Gasteiger partial charge on any atom is -0.465 e. The van der Waals surface area contributed by atoms with E-state index in [1.807, 2.05) is 49.1 Å². The highest BCUT2D eigenvalue weighted by Crippen LogP contribution is 2.55. The Labute approximate surface area is 125 Å². The van der Waals surface area contributed by atoms with Crippen LogP contribution in [0.4, 0.5) is 4.79 Å². The van der Waals surface area contributed by atoms with Crippen LogP contribution in [-0.2, 0) is 10.2 Å². The van der Waals surface area contributed by atoms with Crippen LogP contribution in [0.25, 0.3) is 0 Å². The van der Waals surface area contributed by atoms with Crippen LogP contribution in [0.15, 0.2) is 30.3 Å². The quantitative estimate of drug-likeness (QED) is 0.842. The Morgan fingerprint density at radius 1 is 1.29 bits per heavy atom. The Bertz CT molecular complexity index is 514. The number of carbonyl (C=O) groups excluding carboxylic acids is 1. The Morgan fingerprint density at radius 2 is 1.90 bits per heavy atom. The highest BCUT2D eigenvalue weighted by molar-refractivity contribution is 5.92. The maximum absolute atomic E-state index is 12.9. The Kier molecular flexibility index (Phi) is 4.50. The van der Waals surface area contributed by atoms with E-state index in [0.717, 1.165) is 5.56 Å². The van der Waals surface area contributed by atoms with Gasteiger partial charge in [-0.25, -0.2) is 4.79 Å². The zero-order valence-corrected chi connectivity index (χ0v) is 12.5. The first kappa shape index (κ1) is 15.4. The number of nitrogens with one attached hydrogen (secondary N) is 1. The third-order valence-corrected chi connectivity index (χ3v) is 4.33. The van der Waals surface area contributed by atoms with Crippen molar-refractivity contribution < 1.29 is 14.7 Å². The van der Waals surface area contributed by atoms with Crippen molar-refractivity contribution in [3.05, 3.63) is 35.9 Å².